The van der Waals surface area contributed by atoms with Gasteiger partial charge in [0.2, 0.25) is 5.88 Å². The van der Waals surface area contributed by atoms with Crippen LogP contribution in [0.2, 0.25) is 5.02 Å². The first kappa shape index (κ1) is 11.8. The van der Waals surface area contributed by atoms with Crippen LogP contribution in [0.3, 0.4) is 0 Å². The highest BCUT2D eigenvalue weighted by Gasteiger charge is 2.12. The average Bonchev–Trinajstić information content (AvgIpc) is 2.29. The molecule has 5 heteroatoms. The summed E-state index contributed by atoms with van der Waals surface area (Å²) < 4.78 is 28.8. The lowest BCUT2D eigenvalue weighted by atomic mass is 10.1. The Balaban J connectivity index is 2.44. The van der Waals surface area contributed by atoms with Crippen LogP contribution in [0.5, 0.6) is 5.88 Å². The molecule has 0 aliphatic rings. The van der Waals surface area contributed by atoms with Gasteiger partial charge in [-0.05, 0) is 29.8 Å². The summed E-state index contributed by atoms with van der Waals surface area (Å²) in [6.45, 7) is -2.90. The summed E-state index contributed by atoms with van der Waals surface area (Å²) >= 11 is 5.84. The van der Waals surface area contributed by atoms with Gasteiger partial charge in [0, 0.05) is 16.8 Å². The summed E-state index contributed by atoms with van der Waals surface area (Å²) in [6, 6.07) is 10.1. The summed E-state index contributed by atoms with van der Waals surface area (Å²) in [5.74, 6) is -0.107. The highest BCUT2D eigenvalue weighted by atomic mass is 35.5. The van der Waals surface area contributed by atoms with Crippen LogP contribution in [0.4, 0.5) is 8.78 Å². The molecule has 88 valence electrons. The summed E-state index contributed by atoms with van der Waals surface area (Å²) in [5, 5.41) is 0.523. The normalized spacial score (nSPS) is 10.6. The number of aromatic nitrogens is 1. The molecule has 0 aliphatic heterocycles. The molecule has 17 heavy (non-hydrogen) atoms. The van der Waals surface area contributed by atoms with E-state index in [1.54, 1.807) is 36.4 Å². The Morgan fingerprint density at radius 1 is 1.18 bits per heavy atom. The third kappa shape index (κ3) is 2.91. The number of ether oxygens (including phenoxy) is 1. The smallest absolute Gasteiger partial charge is 0.388 e. The lowest BCUT2D eigenvalue weighted by Gasteiger charge is -2.09. The first-order chi connectivity index (χ1) is 8.16. The molecule has 0 amide bonds. The van der Waals surface area contributed by atoms with Gasteiger partial charge in [0.05, 0.1) is 0 Å². The Kier molecular flexibility index (Phi) is 3.54. The van der Waals surface area contributed by atoms with E-state index in [-0.39, 0.29) is 5.88 Å². The van der Waals surface area contributed by atoms with E-state index in [4.69, 9.17) is 11.6 Å². The highest BCUT2D eigenvalue weighted by molar-refractivity contribution is 6.30. The molecule has 0 radical (unpaired) electrons. The maximum Gasteiger partial charge on any atom is 0.388 e. The zero-order chi connectivity index (χ0) is 12.3. The summed E-state index contributed by atoms with van der Waals surface area (Å²) in [7, 11) is 0. The molecule has 0 saturated carbocycles. The van der Waals surface area contributed by atoms with Crippen molar-refractivity contribution in [3.63, 3.8) is 0 Å². The first-order valence-electron chi connectivity index (χ1n) is 4.82. The largest absolute Gasteiger partial charge is 0.416 e. The number of pyridine rings is 1. The molecular formula is C12H8ClF2NO. The number of alkyl halides is 2. The van der Waals surface area contributed by atoms with Gasteiger partial charge in [-0.15, -0.1) is 0 Å². The third-order valence-corrected chi connectivity index (χ3v) is 2.34. The van der Waals surface area contributed by atoms with Gasteiger partial charge < -0.3 is 4.74 Å². The molecule has 0 fully saturated rings. The van der Waals surface area contributed by atoms with Gasteiger partial charge in [0.1, 0.15) is 0 Å². The number of rotatable bonds is 3. The van der Waals surface area contributed by atoms with Crippen molar-refractivity contribution >= 4 is 11.6 Å². The quantitative estimate of drug-likeness (QED) is 0.827. The predicted octanol–water partition coefficient (Wildman–Crippen LogP) is 4.00. The SMILES string of the molecule is FC(F)Oc1ncccc1-c1cccc(Cl)c1. The van der Waals surface area contributed by atoms with Gasteiger partial charge in [-0.25, -0.2) is 4.98 Å². The Hall–Kier alpha value is -1.68. The molecule has 2 rings (SSSR count). The van der Waals surface area contributed by atoms with E-state index in [9.17, 15) is 8.78 Å². The third-order valence-electron chi connectivity index (χ3n) is 2.11. The Morgan fingerprint density at radius 2 is 2.00 bits per heavy atom. The highest BCUT2D eigenvalue weighted by Crippen LogP contribution is 2.30. The van der Waals surface area contributed by atoms with Crippen LogP contribution in [0.25, 0.3) is 11.1 Å². The van der Waals surface area contributed by atoms with E-state index in [1.807, 2.05) is 0 Å². The molecule has 0 bridgehead atoms. The second kappa shape index (κ2) is 5.10. The zero-order valence-corrected chi connectivity index (χ0v) is 9.36. The second-order valence-electron chi connectivity index (χ2n) is 3.24. The monoisotopic (exact) mass is 255 g/mol. The second-order valence-corrected chi connectivity index (χ2v) is 3.68. The van der Waals surface area contributed by atoms with E-state index >= 15 is 0 Å². The molecule has 0 saturated heterocycles. The molecule has 0 spiro atoms. The van der Waals surface area contributed by atoms with Crippen LogP contribution in [0.15, 0.2) is 42.6 Å². The van der Waals surface area contributed by atoms with Crippen molar-refractivity contribution in [2.45, 2.75) is 6.61 Å². The fourth-order valence-electron chi connectivity index (χ4n) is 1.44. The van der Waals surface area contributed by atoms with Crippen LogP contribution >= 0.6 is 11.6 Å². The fraction of sp³-hybridized carbons (Fsp3) is 0.0833. The van der Waals surface area contributed by atoms with Crippen molar-refractivity contribution in [3.05, 3.63) is 47.6 Å². The van der Waals surface area contributed by atoms with Gasteiger partial charge in [-0.2, -0.15) is 8.78 Å². The van der Waals surface area contributed by atoms with Crippen LogP contribution in [0, 0.1) is 0 Å². The molecule has 2 nitrogen and oxygen atoms in total. The van der Waals surface area contributed by atoms with Crippen molar-refractivity contribution in [1.82, 2.24) is 4.98 Å². The van der Waals surface area contributed by atoms with Crippen molar-refractivity contribution in [3.8, 4) is 17.0 Å². The fourth-order valence-corrected chi connectivity index (χ4v) is 1.64. The molecule has 0 atom stereocenters. The van der Waals surface area contributed by atoms with E-state index in [2.05, 4.69) is 9.72 Å². The number of hydrogen-bond acceptors (Lipinski definition) is 2. The standard InChI is InChI=1S/C12H8ClF2NO/c13-9-4-1-3-8(7-9)10-5-2-6-16-11(10)17-12(14)15/h1-7,12H. The predicted molar refractivity (Wildman–Crippen MR) is 61.3 cm³/mol. The van der Waals surface area contributed by atoms with Crippen LogP contribution < -0.4 is 4.74 Å². The van der Waals surface area contributed by atoms with Gasteiger partial charge in [0.25, 0.3) is 0 Å². The molecule has 1 aromatic heterocycles. The summed E-state index contributed by atoms with van der Waals surface area (Å²) in [6.07, 6.45) is 1.39. The van der Waals surface area contributed by atoms with Crippen LogP contribution in [0.1, 0.15) is 0 Å². The molecule has 1 heterocycles. The molecule has 0 unspecified atom stereocenters. The number of hydrogen-bond donors (Lipinski definition) is 0. The average molecular weight is 256 g/mol. The van der Waals surface area contributed by atoms with Gasteiger partial charge >= 0.3 is 6.61 Å². The summed E-state index contributed by atoms with van der Waals surface area (Å²) in [5.41, 5.74) is 1.16. The van der Waals surface area contributed by atoms with Crippen molar-refractivity contribution in [2.75, 3.05) is 0 Å². The molecule has 0 aliphatic carbocycles. The maximum absolute atomic E-state index is 12.2. The minimum atomic E-state index is -2.90. The number of benzene rings is 1. The van der Waals surface area contributed by atoms with Gasteiger partial charge in [0.15, 0.2) is 0 Å². The zero-order valence-electron chi connectivity index (χ0n) is 8.61. The van der Waals surface area contributed by atoms with Gasteiger partial charge in [-0.3, -0.25) is 0 Å². The van der Waals surface area contributed by atoms with E-state index < -0.39 is 6.61 Å². The van der Waals surface area contributed by atoms with E-state index in [0.717, 1.165) is 0 Å². The van der Waals surface area contributed by atoms with Crippen LogP contribution in [-0.2, 0) is 0 Å². The lowest BCUT2D eigenvalue weighted by molar-refractivity contribution is -0.0524. The topological polar surface area (TPSA) is 22.1 Å². The van der Waals surface area contributed by atoms with Gasteiger partial charge in [-0.1, -0.05) is 23.7 Å². The Labute approximate surface area is 102 Å². The van der Waals surface area contributed by atoms with Crippen LogP contribution in [-0.4, -0.2) is 11.6 Å². The lowest BCUT2D eigenvalue weighted by Crippen LogP contribution is -2.04. The molecule has 2 aromatic rings. The molecule has 1 aromatic carbocycles. The first-order valence-corrected chi connectivity index (χ1v) is 5.20. The Morgan fingerprint density at radius 3 is 2.71 bits per heavy atom. The van der Waals surface area contributed by atoms with Crippen molar-refractivity contribution in [2.24, 2.45) is 0 Å². The van der Waals surface area contributed by atoms with E-state index in [1.165, 1.54) is 6.20 Å². The minimum absolute atomic E-state index is 0.107. The van der Waals surface area contributed by atoms with Crippen molar-refractivity contribution < 1.29 is 13.5 Å². The molecular weight excluding hydrogens is 248 g/mol. The minimum Gasteiger partial charge on any atom is -0.416 e. The number of nitrogens with zero attached hydrogens (tertiary/aromatic N) is 1. The molecule has 0 N–H and O–H groups in total. The van der Waals surface area contributed by atoms with Crippen molar-refractivity contribution in [1.29, 1.82) is 0 Å². The maximum atomic E-state index is 12.2. The van der Waals surface area contributed by atoms with E-state index in [0.29, 0.717) is 16.1 Å². The Bertz CT molecular complexity index is 519. The summed E-state index contributed by atoms with van der Waals surface area (Å²) in [4.78, 5) is 3.78. The number of halogens is 3.